The monoisotopic (exact) mass is 207 g/mol. The largest absolute Gasteiger partial charge is 0.569 e. The third kappa shape index (κ3) is 4.72. The molecular weight excluding hydrogens is 191 g/mol. The van der Waals surface area contributed by atoms with Gasteiger partial charge in [-0.25, -0.2) is 0 Å². The van der Waals surface area contributed by atoms with Gasteiger partial charge in [0.05, 0.1) is 0 Å². The van der Waals surface area contributed by atoms with E-state index in [0.717, 1.165) is 18.8 Å². The summed E-state index contributed by atoms with van der Waals surface area (Å²) in [5.74, 6) is 0.621. The van der Waals surface area contributed by atoms with Crippen molar-refractivity contribution in [3.63, 3.8) is 0 Å². The third-order valence-electron chi connectivity index (χ3n) is 1.93. The number of nitrogens with zero attached hydrogens (tertiary/aromatic N) is 1. The van der Waals surface area contributed by atoms with E-state index >= 15 is 0 Å². The summed E-state index contributed by atoms with van der Waals surface area (Å²) in [6.45, 7) is 1.89. The lowest BCUT2D eigenvalue weighted by atomic mass is 10.3. The first-order valence-electron chi connectivity index (χ1n) is 4.83. The van der Waals surface area contributed by atoms with E-state index in [1.807, 2.05) is 26.2 Å². The maximum Gasteiger partial charge on any atom is 0.569 e. The average molecular weight is 207 g/mol. The van der Waals surface area contributed by atoms with Gasteiger partial charge in [0, 0.05) is 18.8 Å². The molecule has 1 aromatic rings. The molecule has 0 aliphatic rings. The molecule has 0 atom stereocenters. The molecular formula is C10H16BN2O2. The fourth-order valence-electron chi connectivity index (χ4n) is 1.14. The van der Waals surface area contributed by atoms with Crippen LogP contribution in [0.5, 0.6) is 5.75 Å². The molecule has 5 heteroatoms. The number of rotatable bonds is 6. The van der Waals surface area contributed by atoms with Crippen molar-refractivity contribution in [2.75, 3.05) is 32.5 Å². The molecule has 15 heavy (non-hydrogen) atoms. The Morgan fingerprint density at radius 3 is 2.53 bits per heavy atom. The third-order valence-corrected chi connectivity index (χ3v) is 1.93. The Labute approximate surface area is 91.2 Å². The smallest absolute Gasteiger partial charge is 0.537 e. The Morgan fingerprint density at radius 2 is 2.00 bits per heavy atom. The van der Waals surface area contributed by atoms with Crippen molar-refractivity contribution >= 4 is 13.4 Å². The van der Waals surface area contributed by atoms with Gasteiger partial charge in [-0.2, -0.15) is 0 Å². The fraction of sp³-hybridized carbons (Fsp3) is 0.400. The molecule has 0 saturated carbocycles. The second kappa shape index (κ2) is 6.32. The van der Waals surface area contributed by atoms with Crippen molar-refractivity contribution in [1.29, 1.82) is 0 Å². The van der Waals surface area contributed by atoms with Crippen LogP contribution in [0.1, 0.15) is 0 Å². The van der Waals surface area contributed by atoms with Crippen LogP contribution in [0.4, 0.5) is 5.69 Å². The molecule has 0 amide bonds. The Hall–Kier alpha value is -1.20. The van der Waals surface area contributed by atoms with Crippen LogP contribution >= 0.6 is 0 Å². The van der Waals surface area contributed by atoms with Crippen LogP contribution in [0, 0.1) is 0 Å². The number of likely N-dealkylation sites (N-methyl/N-ethyl adjacent to an activating group) is 1. The summed E-state index contributed by atoms with van der Waals surface area (Å²) in [6, 6.07) is 7.42. The fourth-order valence-corrected chi connectivity index (χ4v) is 1.14. The molecule has 1 radical (unpaired) electrons. The Kier molecular flexibility index (Phi) is 5.00. The lowest BCUT2D eigenvalue weighted by Gasteiger charge is -2.11. The lowest BCUT2D eigenvalue weighted by molar-refractivity contribution is 0.425. The molecule has 0 aliphatic carbocycles. The van der Waals surface area contributed by atoms with E-state index in [0.29, 0.717) is 13.4 Å². The summed E-state index contributed by atoms with van der Waals surface area (Å²) in [5.41, 5.74) is 1.04. The quantitative estimate of drug-likeness (QED) is 0.669. The number of hydrogen-bond donors (Lipinski definition) is 2. The summed E-state index contributed by atoms with van der Waals surface area (Å²) in [4.78, 5) is 2.12. The van der Waals surface area contributed by atoms with Gasteiger partial charge in [0.15, 0.2) is 0 Å². The molecule has 81 valence electrons. The molecule has 0 bridgehead atoms. The standard InChI is InChI=1S/C10H16BN2O2/c1-13(2)8-7-12-9-3-5-10(6-4-9)15-11-14/h3-6,12,14H,7-8H2,1-2H3. The number of anilines is 1. The van der Waals surface area contributed by atoms with Crippen molar-refractivity contribution in [3.05, 3.63) is 24.3 Å². The van der Waals surface area contributed by atoms with E-state index in [4.69, 9.17) is 9.68 Å². The molecule has 0 fully saturated rings. The van der Waals surface area contributed by atoms with E-state index in [9.17, 15) is 0 Å². The summed E-state index contributed by atoms with van der Waals surface area (Å²) < 4.78 is 4.80. The normalized spacial score (nSPS) is 10.1. The molecule has 4 nitrogen and oxygen atoms in total. The highest BCUT2D eigenvalue weighted by molar-refractivity contribution is 6.17. The van der Waals surface area contributed by atoms with Gasteiger partial charge in [0.1, 0.15) is 5.75 Å². The minimum atomic E-state index is 0.621. The van der Waals surface area contributed by atoms with E-state index in [-0.39, 0.29) is 0 Å². The molecule has 2 N–H and O–H groups in total. The first kappa shape index (κ1) is 11.9. The van der Waals surface area contributed by atoms with Crippen molar-refractivity contribution in [3.8, 4) is 5.75 Å². The SMILES string of the molecule is CN(C)CCNc1ccc(O[B]O)cc1. The van der Waals surface area contributed by atoms with Crippen LogP contribution in [0.3, 0.4) is 0 Å². The van der Waals surface area contributed by atoms with E-state index in [1.54, 1.807) is 12.1 Å². The van der Waals surface area contributed by atoms with E-state index < -0.39 is 0 Å². The first-order valence-corrected chi connectivity index (χ1v) is 4.83. The molecule has 0 aromatic heterocycles. The predicted molar refractivity (Wildman–Crippen MR) is 62.1 cm³/mol. The van der Waals surface area contributed by atoms with Gasteiger partial charge in [0.2, 0.25) is 0 Å². The summed E-state index contributed by atoms with van der Waals surface area (Å²) in [6.07, 6.45) is 0. The second-order valence-electron chi connectivity index (χ2n) is 3.48. The maximum absolute atomic E-state index is 8.42. The maximum atomic E-state index is 8.42. The molecule has 1 rings (SSSR count). The van der Waals surface area contributed by atoms with Crippen molar-refractivity contribution in [2.24, 2.45) is 0 Å². The van der Waals surface area contributed by atoms with Crippen LogP contribution in [-0.2, 0) is 0 Å². The van der Waals surface area contributed by atoms with Crippen molar-refractivity contribution in [2.45, 2.75) is 0 Å². The van der Waals surface area contributed by atoms with Gasteiger partial charge >= 0.3 is 7.69 Å². The topological polar surface area (TPSA) is 44.7 Å². The van der Waals surface area contributed by atoms with Crippen LogP contribution in [0.2, 0.25) is 0 Å². The molecule has 0 aliphatic heterocycles. The highest BCUT2D eigenvalue weighted by atomic mass is 16.5. The number of nitrogens with one attached hydrogen (secondary N) is 1. The Bertz CT molecular complexity index is 277. The van der Waals surface area contributed by atoms with Crippen molar-refractivity contribution in [1.82, 2.24) is 4.90 Å². The summed E-state index contributed by atoms with van der Waals surface area (Å²) in [5, 5.41) is 11.7. The minimum Gasteiger partial charge on any atom is -0.537 e. The van der Waals surface area contributed by atoms with Crippen LogP contribution in [0.15, 0.2) is 24.3 Å². The minimum absolute atomic E-state index is 0.621. The zero-order chi connectivity index (χ0) is 11.1. The molecule has 0 spiro atoms. The first-order chi connectivity index (χ1) is 7.22. The highest BCUT2D eigenvalue weighted by Gasteiger charge is 1.95. The van der Waals surface area contributed by atoms with Gasteiger partial charge in [-0.1, -0.05) is 0 Å². The van der Waals surface area contributed by atoms with Gasteiger partial charge in [-0.15, -0.1) is 0 Å². The van der Waals surface area contributed by atoms with Gasteiger partial charge in [-0.05, 0) is 38.4 Å². The molecule has 1 aromatic carbocycles. The average Bonchev–Trinajstić information content (AvgIpc) is 2.20. The highest BCUT2D eigenvalue weighted by Crippen LogP contribution is 2.14. The summed E-state index contributed by atoms with van der Waals surface area (Å²) in [7, 11) is 4.75. The van der Waals surface area contributed by atoms with Gasteiger partial charge in [0.25, 0.3) is 0 Å². The van der Waals surface area contributed by atoms with Gasteiger partial charge in [-0.3, -0.25) is 0 Å². The van der Waals surface area contributed by atoms with E-state index in [2.05, 4.69) is 10.2 Å². The number of hydrogen-bond acceptors (Lipinski definition) is 4. The Balaban J connectivity index is 2.36. The summed E-state index contributed by atoms with van der Waals surface area (Å²) >= 11 is 0. The zero-order valence-corrected chi connectivity index (χ0v) is 9.10. The van der Waals surface area contributed by atoms with Crippen LogP contribution in [0.25, 0.3) is 0 Å². The van der Waals surface area contributed by atoms with Crippen LogP contribution in [-0.4, -0.2) is 44.8 Å². The van der Waals surface area contributed by atoms with Gasteiger partial charge < -0.3 is 19.9 Å². The van der Waals surface area contributed by atoms with E-state index in [1.165, 1.54) is 0 Å². The lowest BCUT2D eigenvalue weighted by Crippen LogP contribution is -2.20. The Morgan fingerprint density at radius 1 is 1.33 bits per heavy atom. The second-order valence-corrected chi connectivity index (χ2v) is 3.48. The molecule has 0 unspecified atom stereocenters. The zero-order valence-electron chi connectivity index (χ0n) is 9.10. The molecule has 0 heterocycles. The number of benzene rings is 1. The van der Waals surface area contributed by atoms with Crippen molar-refractivity contribution < 1.29 is 9.68 Å². The van der Waals surface area contributed by atoms with Crippen LogP contribution < -0.4 is 9.97 Å². The molecule has 0 saturated heterocycles. The predicted octanol–water partition coefficient (Wildman–Crippen LogP) is 0.565.